The molecule has 0 amide bonds. The van der Waals surface area contributed by atoms with Gasteiger partial charge in [0.15, 0.2) is 0 Å². The molecule has 19 heavy (non-hydrogen) atoms. The van der Waals surface area contributed by atoms with Gasteiger partial charge in [-0.15, -0.1) is 0 Å². The van der Waals surface area contributed by atoms with Crippen LogP contribution in [0.2, 0.25) is 5.02 Å². The number of hydrogen-bond donors (Lipinski definition) is 2. The molecule has 98 valence electrons. The van der Waals surface area contributed by atoms with Crippen LogP contribution in [0.4, 0.5) is 15.8 Å². The Morgan fingerprint density at radius 1 is 1.26 bits per heavy atom. The highest BCUT2D eigenvalue weighted by Crippen LogP contribution is 2.25. The van der Waals surface area contributed by atoms with Crippen LogP contribution < -0.4 is 5.32 Å². The highest BCUT2D eigenvalue weighted by atomic mass is 35.5. The van der Waals surface area contributed by atoms with Crippen molar-refractivity contribution >= 4 is 28.9 Å². The molecule has 0 atom stereocenters. The Kier molecular flexibility index (Phi) is 3.71. The Hall–Kier alpha value is -2.07. The van der Waals surface area contributed by atoms with Crippen molar-refractivity contribution in [1.29, 1.82) is 0 Å². The van der Waals surface area contributed by atoms with Gasteiger partial charge in [0.25, 0.3) is 0 Å². The van der Waals surface area contributed by atoms with Crippen LogP contribution in [-0.2, 0) is 0 Å². The molecule has 0 saturated carbocycles. The Balaban J connectivity index is 2.39. The zero-order valence-electron chi connectivity index (χ0n) is 10.1. The molecule has 0 bridgehead atoms. The van der Waals surface area contributed by atoms with Crippen LogP contribution in [0.1, 0.15) is 15.9 Å². The summed E-state index contributed by atoms with van der Waals surface area (Å²) in [5, 5.41) is 12.0. The highest BCUT2D eigenvalue weighted by Gasteiger charge is 2.10. The molecule has 5 heteroatoms. The van der Waals surface area contributed by atoms with E-state index in [2.05, 4.69) is 5.32 Å². The average Bonchev–Trinajstić information content (AvgIpc) is 2.33. The summed E-state index contributed by atoms with van der Waals surface area (Å²) in [5.41, 5.74) is 2.03. The number of halogens is 2. The number of carboxylic acids is 1. The van der Waals surface area contributed by atoms with Crippen molar-refractivity contribution in [1.82, 2.24) is 0 Å². The molecule has 0 aliphatic heterocycles. The van der Waals surface area contributed by atoms with E-state index in [0.717, 1.165) is 5.56 Å². The van der Waals surface area contributed by atoms with Crippen LogP contribution in [0, 0.1) is 12.7 Å². The first kappa shape index (κ1) is 13.4. The van der Waals surface area contributed by atoms with Gasteiger partial charge in [-0.25, -0.2) is 9.18 Å². The maximum atomic E-state index is 13.1. The van der Waals surface area contributed by atoms with Crippen LogP contribution >= 0.6 is 11.6 Å². The summed E-state index contributed by atoms with van der Waals surface area (Å²) in [5.74, 6) is -1.55. The van der Waals surface area contributed by atoms with Crippen molar-refractivity contribution in [3.05, 3.63) is 58.4 Å². The topological polar surface area (TPSA) is 49.3 Å². The lowest BCUT2D eigenvalue weighted by Gasteiger charge is -2.11. The lowest BCUT2D eigenvalue weighted by Crippen LogP contribution is -2.03. The van der Waals surface area contributed by atoms with E-state index < -0.39 is 11.8 Å². The van der Waals surface area contributed by atoms with E-state index in [4.69, 9.17) is 16.7 Å². The number of carbonyl (C=O) groups is 1. The van der Waals surface area contributed by atoms with Gasteiger partial charge in [-0.3, -0.25) is 0 Å². The van der Waals surface area contributed by atoms with Crippen molar-refractivity contribution < 1.29 is 14.3 Å². The minimum Gasteiger partial charge on any atom is -0.478 e. The van der Waals surface area contributed by atoms with Crippen molar-refractivity contribution in [2.45, 2.75) is 6.92 Å². The number of anilines is 2. The van der Waals surface area contributed by atoms with E-state index in [1.165, 1.54) is 24.3 Å². The van der Waals surface area contributed by atoms with Gasteiger partial charge in [-0.2, -0.15) is 0 Å². The third kappa shape index (κ3) is 3.03. The first-order chi connectivity index (χ1) is 8.97. The van der Waals surface area contributed by atoms with E-state index in [1.54, 1.807) is 12.1 Å². The zero-order valence-corrected chi connectivity index (χ0v) is 10.8. The number of hydrogen-bond acceptors (Lipinski definition) is 2. The fourth-order valence-electron chi connectivity index (χ4n) is 1.68. The second-order valence-electron chi connectivity index (χ2n) is 4.11. The summed E-state index contributed by atoms with van der Waals surface area (Å²) in [6.07, 6.45) is 0. The molecule has 0 aromatic heterocycles. The molecule has 2 rings (SSSR count). The molecule has 0 heterocycles. The van der Waals surface area contributed by atoms with Gasteiger partial charge in [0.2, 0.25) is 0 Å². The smallest absolute Gasteiger partial charge is 0.337 e. The summed E-state index contributed by atoms with van der Waals surface area (Å²) < 4.78 is 13.1. The predicted octanol–water partition coefficient (Wildman–Crippen LogP) is 4.23. The summed E-state index contributed by atoms with van der Waals surface area (Å²) in [7, 11) is 0. The van der Waals surface area contributed by atoms with Gasteiger partial charge in [0.05, 0.1) is 16.3 Å². The quantitative estimate of drug-likeness (QED) is 0.884. The Morgan fingerprint density at radius 2 is 2.00 bits per heavy atom. The molecule has 0 saturated heterocycles. The van der Waals surface area contributed by atoms with Crippen LogP contribution in [0.25, 0.3) is 0 Å². The van der Waals surface area contributed by atoms with Gasteiger partial charge in [0.1, 0.15) is 5.82 Å². The standard InChI is InChI=1S/C14H11ClFNO2/c1-8-2-4-10(14(18)19)13(6-8)17-9-3-5-12(16)11(15)7-9/h2-7,17H,1H3,(H,18,19). The zero-order chi connectivity index (χ0) is 14.0. The molecule has 3 nitrogen and oxygen atoms in total. The summed E-state index contributed by atoms with van der Waals surface area (Å²) in [4.78, 5) is 11.1. The fraction of sp³-hybridized carbons (Fsp3) is 0.0714. The summed E-state index contributed by atoms with van der Waals surface area (Å²) >= 11 is 5.68. The van der Waals surface area contributed by atoms with Gasteiger partial charge in [-0.05, 0) is 42.8 Å². The van der Waals surface area contributed by atoms with Crippen LogP contribution in [-0.4, -0.2) is 11.1 Å². The van der Waals surface area contributed by atoms with Gasteiger partial charge in [-0.1, -0.05) is 17.7 Å². The third-order valence-electron chi connectivity index (χ3n) is 2.60. The second kappa shape index (κ2) is 5.28. The minimum absolute atomic E-state index is 0.0190. The largest absolute Gasteiger partial charge is 0.478 e. The number of aryl methyl sites for hydroxylation is 1. The molecular formula is C14H11ClFNO2. The summed E-state index contributed by atoms with van der Waals surface area (Å²) in [6.45, 7) is 1.86. The van der Waals surface area contributed by atoms with Crippen molar-refractivity contribution in [3.8, 4) is 0 Å². The van der Waals surface area contributed by atoms with Crippen LogP contribution in [0.3, 0.4) is 0 Å². The molecule has 0 radical (unpaired) electrons. The first-order valence-corrected chi connectivity index (χ1v) is 5.91. The van der Waals surface area contributed by atoms with E-state index in [9.17, 15) is 9.18 Å². The van der Waals surface area contributed by atoms with E-state index >= 15 is 0 Å². The molecule has 0 aliphatic carbocycles. The Bertz CT molecular complexity index is 643. The van der Waals surface area contributed by atoms with Gasteiger partial charge < -0.3 is 10.4 Å². The monoisotopic (exact) mass is 279 g/mol. The summed E-state index contributed by atoms with van der Waals surface area (Å²) in [6, 6.07) is 9.07. The minimum atomic E-state index is -1.03. The third-order valence-corrected chi connectivity index (χ3v) is 2.89. The molecule has 0 spiro atoms. The number of rotatable bonds is 3. The number of benzene rings is 2. The second-order valence-corrected chi connectivity index (χ2v) is 4.52. The first-order valence-electron chi connectivity index (χ1n) is 5.53. The van der Waals surface area contributed by atoms with Crippen LogP contribution in [0.15, 0.2) is 36.4 Å². The molecular weight excluding hydrogens is 269 g/mol. The Labute approximate surface area is 114 Å². The van der Waals surface area contributed by atoms with Gasteiger partial charge >= 0.3 is 5.97 Å². The van der Waals surface area contributed by atoms with Crippen molar-refractivity contribution in [3.63, 3.8) is 0 Å². The molecule has 0 unspecified atom stereocenters. The number of carboxylic acid groups (broad SMARTS) is 1. The van der Waals surface area contributed by atoms with Crippen LogP contribution in [0.5, 0.6) is 0 Å². The molecule has 0 fully saturated rings. The SMILES string of the molecule is Cc1ccc(C(=O)O)c(Nc2ccc(F)c(Cl)c2)c1. The predicted molar refractivity (Wildman–Crippen MR) is 72.8 cm³/mol. The number of aromatic carboxylic acids is 1. The molecule has 2 N–H and O–H groups in total. The Morgan fingerprint density at radius 3 is 2.63 bits per heavy atom. The van der Waals surface area contributed by atoms with E-state index in [-0.39, 0.29) is 10.6 Å². The highest BCUT2D eigenvalue weighted by molar-refractivity contribution is 6.31. The maximum Gasteiger partial charge on any atom is 0.337 e. The van der Waals surface area contributed by atoms with E-state index in [1.807, 2.05) is 6.92 Å². The fourth-order valence-corrected chi connectivity index (χ4v) is 1.86. The van der Waals surface area contributed by atoms with Crippen molar-refractivity contribution in [2.24, 2.45) is 0 Å². The lowest BCUT2D eigenvalue weighted by molar-refractivity contribution is 0.0698. The molecule has 0 aliphatic rings. The lowest BCUT2D eigenvalue weighted by atomic mass is 10.1. The normalized spacial score (nSPS) is 10.3. The molecule has 2 aromatic carbocycles. The molecule has 2 aromatic rings. The average molecular weight is 280 g/mol. The van der Waals surface area contributed by atoms with Gasteiger partial charge in [0, 0.05) is 5.69 Å². The van der Waals surface area contributed by atoms with E-state index in [0.29, 0.717) is 11.4 Å². The maximum absolute atomic E-state index is 13.1. The number of nitrogens with one attached hydrogen (secondary N) is 1. The van der Waals surface area contributed by atoms with Crippen molar-refractivity contribution in [2.75, 3.05) is 5.32 Å².